The minimum absolute atomic E-state index is 0.0417. The predicted octanol–water partition coefficient (Wildman–Crippen LogP) is 2.17. The number of hydrogen-bond donors (Lipinski definition) is 2. The van der Waals surface area contributed by atoms with Gasteiger partial charge in [0.2, 0.25) is 5.91 Å². The Morgan fingerprint density at radius 3 is 2.64 bits per heavy atom. The third-order valence-corrected chi connectivity index (χ3v) is 4.08. The van der Waals surface area contributed by atoms with Gasteiger partial charge < -0.3 is 10.6 Å². The molecule has 0 fully saturated rings. The summed E-state index contributed by atoms with van der Waals surface area (Å²) in [5, 5.41) is 10.3. The molecule has 0 radical (unpaired) electrons. The number of benzene rings is 1. The molecule has 118 valence electrons. The Hall–Kier alpha value is -2.14. The van der Waals surface area contributed by atoms with Crippen LogP contribution in [0.25, 0.3) is 0 Å². The van der Waals surface area contributed by atoms with Crippen molar-refractivity contribution in [3.05, 3.63) is 52.8 Å². The molecule has 22 heavy (non-hydrogen) atoms. The van der Waals surface area contributed by atoms with Crippen molar-refractivity contribution in [2.45, 2.75) is 32.9 Å². The first kappa shape index (κ1) is 16.2. The second-order valence-corrected chi connectivity index (χ2v) is 5.69. The van der Waals surface area contributed by atoms with E-state index in [1.165, 1.54) is 11.1 Å². The van der Waals surface area contributed by atoms with Gasteiger partial charge in [0.15, 0.2) is 0 Å². The minimum atomic E-state index is -0.402. The maximum Gasteiger partial charge on any atom is 0.242 e. The fraction of sp³-hybridized carbons (Fsp3) is 0.412. The first-order valence-electron chi connectivity index (χ1n) is 7.46. The lowest BCUT2D eigenvalue weighted by molar-refractivity contribution is -0.123. The molecule has 1 aromatic carbocycles. The fourth-order valence-electron chi connectivity index (χ4n) is 2.66. The van der Waals surface area contributed by atoms with Gasteiger partial charge in [-0.2, -0.15) is 5.10 Å². The fourth-order valence-corrected chi connectivity index (χ4v) is 2.66. The summed E-state index contributed by atoms with van der Waals surface area (Å²) in [5.74, 6) is -0.0519. The van der Waals surface area contributed by atoms with E-state index in [1.54, 1.807) is 17.9 Å². The zero-order valence-corrected chi connectivity index (χ0v) is 13.8. The summed E-state index contributed by atoms with van der Waals surface area (Å²) in [6.45, 7) is 6.18. The van der Waals surface area contributed by atoms with Crippen LogP contribution in [0.3, 0.4) is 0 Å². The summed E-state index contributed by atoms with van der Waals surface area (Å²) >= 11 is 0. The number of aromatic nitrogens is 2. The molecule has 1 amide bonds. The van der Waals surface area contributed by atoms with Crippen molar-refractivity contribution in [2.75, 3.05) is 7.05 Å². The third-order valence-electron chi connectivity index (χ3n) is 4.08. The molecule has 0 saturated heterocycles. The zero-order valence-electron chi connectivity index (χ0n) is 13.8. The average Bonchev–Trinajstić information content (AvgIpc) is 2.88. The Kier molecular flexibility index (Phi) is 4.98. The van der Waals surface area contributed by atoms with E-state index in [0.717, 1.165) is 11.1 Å². The molecular formula is C17H24N4O. The van der Waals surface area contributed by atoms with Crippen LogP contribution in [0.2, 0.25) is 0 Å². The number of carbonyl (C=O) groups is 1. The van der Waals surface area contributed by atoms with E-state index < -0.39 is 6.04 Å². The lowest BCUT2D eigenvalue weighted by Gasteiger charge is -2.21. The molecular weight excluding hydrogens is 276 g/mol. The van der Waals surface area contributed by atoms with Crippen LogP contribution in [-0.4, -0.2) is 22.7 Å². The van der Waals surface area contributed by atoms with Gasteiger partial charge in [0.05, 0.1) is 12.2 Å². The van der Waals surface area contributed by atoms with Crippen molar-refractivity contribution in [3.63, 3.8) is 0 Å². The Labute approximate surface area is 131 Å². The van der Waals surface area contributed by atoms with Gasteiger partial charge in [-0.15, -0.1) is 0 Å². The standard InChI is InChI=1S/C17H24N4O/c1-11-7-6-8-15(12(11)2)13(3)20-17(22)16(18-4)14-9-19-21(5)10-14/h6-10,13,16,18H,1-5H3,(H,20,22). The minimum Gasteiger partial charge on any atom is -0.348 e. The molecule has 2 aromatic rings. The van der Waals surface area contributed by atoms with Gasteiger partial charge in [-0.1, -0.05) is 18.2 Å². The highest BCUT2D eigenvalue weighted by Crippen LogP contribution is 2.21. The van der Waals surface area contributed by atoms with E-state index in [1.807, 2.05) is 26.2 Å². The van der Waals surface area contributed by atoms with Crippen molar-refractivity contribution in [2.24, 2.45) is 7.05 Å². The first-order chi connectivity index (χ1) is 10.4. The van der Waals surface area contributed by atoms with Crippen molar-refractivity contribution < 1.29 is 4.79 Å². The van der Waals surface area contributed by atoms with Crippen LogP contribution in [0.15, 0.2) is 30.6 Å². The van der Waals surface area contributed by atoms with Gasteiger partial charge in [-0.25, -0.2) is 0 Å². The van der Waals surface area contributed by atoms with Crippen molar-refractivity contribution >= 4 is 5.91 Å². The van der Waals surface area contributed by atoms with E-state index in [-0.39, 0.29) is 11.9 Å². The SMILES string of the molecule is CNC(C(=O)NC(C)c1cccc(C)c1C)c1cnn(C)c1. The number of aryl methyl sites for hydroxylation is 2. The Morgan fingerprint density at radius 1 is 1.32 bits per heavy atom. The van der Waals surface area contributed by atoms with Gasteiger partial charge in [0.25, 0.3) is 0 Å². The quantitative estimate of drug-likeness (QED) is 0.890. The van der Waals surface area contributed by atoms with Crippen molar-refractivity contribution in [1.82, 2.24) is 20.4 Å². The smallest absolute Gasteiger partial charge is 0.242 e. The maximum atomic E-state index is 12.6. The van der Waals surface area contributed by atoms with Gasteiger partial charge in [-0.05, 0) is 44.5 Å². The van der Waals surface area contributed by atoms with Crippen LogP contribution in [0.5, 0.6) is 0 Å². The lowest BCUT2D eigenvalue weighted by atomic mass is 9.98. The Bertz CT molecular complexity index is 662. The molecule has 0 aliphatic heterocycles. The molecule has 2 rings (SSSR count). The van der Waals surface area contributed by atoms with Crippen molar-refractivity contribution in [1.29, 1.82) is 0 Å². The molecule has 0 aliphatic carbocycles. The Morgan fingerprint density at radius 2 is 2.05 bits per heavy atom. The van der Waals surface area contributed by atoms with Crippen LogP contribution >= 0.6 is 0 Å². The molecule has 2 N–H and O–H groups in total. The number of hydrogen-bond acceptors (Lipinski definition) is 3. The van der Waals surface area contributed by atoms with Gasteiger partial charge in [-0.3, -0.25) is 9.48 Å². The van der Waals surface area contributed by atoms with Gasteiger partial charge in [0.1, 0.15) is 6.04 Å². The number of nitrogens with one attached hydrogen (secondary N) is 2. The maximum absolute atomic E-state index is 12.6. The molecule has 2 atom stereocenters. The van der Waals surface area contributed by atoms with E-state index >= 15 is 0 Å². The topological polar surface area (TPSA) is 59.0 Å². The molecule has 0 saturated carbocycles. The molecule has 1 heterocycles. The summed E-state index contributed by atoms with van der Waals surface area (Å²) in [6.07, 6.45) is 3.56. The van der Waals surface area contributed by atoms with Gasteiger partial charge in [0, 0.05) is 18.8 Å². The van der Waals surface area contributed by atoms with Crippen molar-refractivity contribution in [3.8, 4) is 0 Å². The summed E-state index contributed by atoms with van der Waals surface area (Å²) in [6, 6.07) is 5.73. The molecule has 1 aromatic heterocycles. The molecule has 0 bridgehead atoms. The number of likely N-dealkylation sites (N-methyl/N-ethyl adjacent to an activating group) is 1. The summed E-state index contributed by atoms with van der Waals surface area (Å²) in [5.41, 5.74) is 4.46. The number of amides is 1. The van der Waals surface area contributed by atoms with Crippen LogP contribution in [0, 0.1) is 13.8 Å². The average molecular weight is 300 g/mol. The van der Waals surface area contributed by atoms with E-state index in [4.69, 9.17) is 0 Å². The van der Waals surface area contributed by atoms with Crippen LogP contribution < -0.4 is 10.6 Å². The molecule has 0 aliphatic rings. The molecule has 2 unspecified atom stereocenters. The van der Waals surface area contributed by atoms with Crippen LogP contribution in [0.1, 0.15) is 41.3 Å². The highest BCUT2D eigenvalue weighted by Gasteiger charge is 2.22. The molecule has 5 heteroatoms. The second-order valence-electron chi connectivity index (χ2n) is 5.69. The lowest BCUT2D eigenvalue weighted by Crippen LogP contribution is -2.37. The van der Waals surface area contributed by atoms with Crippen LogP contribution in [-0.2, 0) is 11.8 Å². The summed E-state index contributed by atoms with van der Waals surface area (Å²) < 4.78 is 1.70. The number of carbonyl (C=O) groups excluding carboxylic acids is 1. The zero-order chi connectivity index (χ0) is 16.3. The molecule has 5 nitrogen and oxygen atoms in total. The predicted molar refractivity (Wildman–Crippen MR) is 87.5 cm³/mol. The van der Waals surface area contributed by atoms with Crippen LogP contribution in [0.4, 0.5) is 0 Å². The van der Waals surface area contributed by atoms with E-state index in [0.29, 0.717) is 0 Å². The highest BCUT2D eigenvalue weighted by atomic mass is 16.2. The third kappa shape index (κ3) is 3.36. The molecule has 0 spiro atoms. The largest absolute Gasteiger partial charge is 0.348 e. The van der Waals surface area contributed by atoms with E-state index in [2.05, 4.69) is 41.7 Å². The number of rotatable bonds is 5. The summed E-state index contributed by atoms with van der Waals surface area (Å²) in [4.78, 5) is 12.6. The van der Waals surface area contributed by atoms with Gasteiger partial charge >= 0.3 is 0 Å². The first-order valence-corrected chi connectivity index (χ1v) is 7.46. The Balaban J connectivity index is 2.14. The summed E-state index contributed by atoms with van der Waals surface area (Å²) in [7, 11) is 3.62. The monoisotopic (exact) mass is 300 g/mol. The number of nitrogens with zero attached hydrogens (tertiary/aromatic N) is 2. The highest BCUT2D eigenvalue weighted by molar-refractivity contribution is 5.83. The van der Waals surface area contributed by atoms with E-state index in [9.17, 15) is 4.79 Å². The normalized spacial score (nSPS) is 13.7. The second kappa shape index (κ2) is 6.75.